The maximum atomic E-state index is 11.4. The Morgan fingerprint density at radius 3 is 2.12 bits per heavy atom. The lowest BCUT2D eigenvalue weighted by Crippen LogP contribution is -2.53. The largest absolute Gasteiger partial charge is 0.480 e. The molecule has 90 valence electrons. The summed E-state index contributed by atoms with van der Waals surface area (Å²) in [7, 11) is 0. The molecule has 5 heteroatoms. The van der Waals surface area contributed by atoms with Gasteiger partial charge in [-0.1, -0.05) is 26.7 Å². The Bertz CT molecular complexity index is 312. The second-order valence-corrected chi connectivity index (χ2v) is 4.64. The van der Waals surface area contributed by atoms with Gasteiger partial charge in [-0.3, -0.25) is 0 Å². The highest BCUT2D eigenvalue weighted by Gasteiger charge is 2.32. The average molecular weight is 226 g/mol. The average Bonchev–Trinajstić information content (AvgIpc) is 2.11. The first kappa shape index (κ1) is 14.3. The quantitative estimate of drug-likeness (QED) is 0.623. The molecule has 0 aromatic heterocycles. The van der Waals surface area contributed by atoms with Crippen LogP contribution in [0.4, 0.5) is 4.79 Å². The molecule has 0 fully saturated rings. The van der Waals surface area contributed by atoms with Crippen molar-refractivity contribution < 1.29 is 14.7 Å². The number of urea groups is 1. The van der Waals surface area contributed by atoms with E-state index in [1.807, 2.05) is 0 Å². The maximum absolute atomic E-state index is 11.4. The molecule has 0 heterocycles. The number of aliphatic carboxylic acids is 1. The summed E-state index contributed by atoms with van der Waals surface area (Å²) >= 11 is 0. The molecule has 2 amide bonds. The number of carbonyl (C=O) groups is 2. The van der Waals surface area contributed by atoms with Gasteiger partial charge < -0.3 is 15.7 Å². The van der Waals surface area contributed by atoms with Gasteiger partial charge in [0.25, 0.3) is 0 Å². The van der Waals surface area contributed by atoms with E-state index < -0.39 is 29.5 Å². The van der Waals surface area contributed by atoms with Crippen molar-refractivity contribution in [3.05, 3.63) is 0 Å². The van der Waals surface area contributed by atoms with E-state index >= 15 is 0 Å². The van der Waals surface area contributed by atoms with Crippen molar-refractivity contribution in [3.63, 3.8) is 0 Å². The second-order valence-electron chi connectivity index (χ2n) is 4.64. The van der Waals surface area contributed by atoms with Crippen molar-refractivity contribution in [2.45, 2.75) is 39.8 Å². The van der Waals surface area contributed by atoms with Crippen LogP contribution in [0.3, 0.4) is 0 Å². The van der Waals surface area contributed by atoms with Gasteiger partial charge in [-0.25, -0.2) is 9.59 Å². The molecule has 5 nitrogen and oxygen atoms in total. The highest BCUT2D eigenvalue weighted by atomic mass is 16.4. The number of rotatable bonds is 3. The minimum Gasteiger partial charge on any atom is -0.480 e. The molecule has 0 aromatic rings. The predicted octanol–water partition coefficient (Wildman–Crippen LogP) is 0.807. The molecule has 0 aliphatic rings. The molecule has 2 unspecified atom stereocenters. The van der Waals surface area contributed by atoms with Crippen LogP contribution in [-0.2, 0) is 4.79 Å². The van der Waals surface area contributed by atoms with Crippen molar-refractivity contribution in [1.82, 2.24) is 10.6 Å². The number of carboxylic acids is 1. The van der Waals surface area contributed by atoms with Crippen LogP contribution in [0.25, 0.3) is 0 Å². The van der Waals surface area contributed by atoms with Crippen molar-refractivity contribution in [2.75, 3.05) is 0 Å². The highest BCUT2D eigenvalue weighted by Crippen LogP contribution is 2.19. The van der Waals surface area contributed by atoms with Crippen LogP contribution < -0.4 is 10.6 Å². The van der Waals surface area contributed by atoms with Gasteiger partial charge in [0.2, 0.25) is 0 Å². The van der Waals surface area contributed by atoms with Crippen molar-refractivity contribution in [1.29, 1.82) is 0 Å². The number of terminal acetylenes is 1. The van der Waals surface area contributed by atoms with Gasteiger partial charge in [-0.05, 0) is 12.3 Å². The first-order valence-electron chi connectivity index (χ1n) is 4.94. The molecule has 0 saturated carbocycles. The fourth-order valence-corrected chi connectivity index (χ4v) is 1.06. The Balaban J connectivity index is 4.50. The first-order chi connectivity index (χ1) is 7.18. The lowest BCUT2D eigenvalue weighted by atomic mass is 9.87. The van der Waals surface area contributed by atoms with Crippen LogP contribution in [0.5, 0.6) is 0 Å². The second kappa shape index (κ2) is 5.40. The molecule has 0 aliphatic heterocycles. The topological polar surface area (TPSA) is 78.4 Å². The molecular weight excluding hydrogens is 208 g/mol. The van der Waals surface area contributed by atoms with Gasteiger partial charge in [0.1, 0.15) is 6.04 Å². The molecule has 0 rings (SSSR count). The Kier molecular flexibility index (Phi) is 4.83. The van der Waals surface area contributed by atoms with Crippen LogP contribution in [-0.4, -0.2) is 29.2 Å². The van der Waals surface area contributed by atoms with Crippen LogP contribution in [0.1, 0.15) is 27.7 Å². The van der Waals surface area contributed by atoms with Gasteiger partial charge in [0.15, 0.2) is 0 Å². The Hall–Kier alpha value is -1.70. The first-order valence-corrected chi connectivity index (χ1v) is 4.94. The minimum atomic E-state index is -1.07. The van der Waals surface area contributed by atoms with E-state index in [9.17, 15) is 9.59 Å². The smallest absolute Gasteiger partial charge is 0.326 e. The number of hydrogen-bond acceptors (Lipinski definition) is 2. The summed E-state index contributed by atoms with van der Waals surface area (Å²) in [5.74, 6) is 1.24. The summed E-state index contributed by atoms with van der Waals surface area (Å²) in [6, 6.07) is -1.97. The van der Waals surface area contributed by atoms with Crippen molar-refractivity contribution >= 4 is 12.0 Å². The number of nitrogens with one attached hydrogen (secondary N) is 2. The Morgan fingerprint density at radius 1 is 1.31 bits per heavy atom. The van der Waals surface area contributed by atoms with E-state index in [4.69, 9.17) is 11.5 Å². The number of amides is 2. The molecule has 0 aromatic carbocycles. The van der Waals surface area contributed by atoms with Crippen LogP contribution in [0.15, 0.2) is 0 Å². The maximum Gasteiger partial charge on any atom is 0.326 e. The van der Waals surface area contributed by atoms with Crippen LogP contribution in [0, 0.1) is 17.8 Å². The van der Waals surface area contributed by atoms with Crippen molar-refractivity contribution in [3.8, 4) is 12.3 Å². The monoisotopic (exact) mass is 226 g/mol. The van der Waals surface area contributed by atoms with E-state index in [1.54, 1.807) is 27.7 Å². The summed E-state index contributed by atoms with van der Waals surface area (Å²) < 4.78 is 0. The van der Waals surface area contributed by atoms with Gasteiger partial charge >= 0.3 is 12.0 Å². The number of carbonyl (C=O) groups excluding carboxylic acids is 1. The van der Waals surface area contributed by atoms with E-state index in [0.29, 0.717) is 0 Å². The zero-order valence-electron chi connectivity index (χ0n) is 10.00. The molecule has 0 saturated heterocycles. The van der Waals surface area contributed by atoms with E-state index in [1.165, 1.54) is 0 Å². The molecule has 0 radical (unpaired) electrons. The van der Waals surface area contributed by atoms with Gasteiger partial charge in [0, 0.05) is 0 Å². The molecule has 3 N–H and O–H groups in total. The third-order valence-corrected chi connectivity index (χ3v) is 1.99. The normalized spacial score (nSPS) is 14.4. The zero-order chi connectivity index (χ0) is 12.9. The van der Waals surface area contributed by atoms with E-state index in [2.05, 4.69) is 16.6 Å². The molecule has 16 heavy (non-hydrogen) atoms. The van der Waals surface area contributed by atoms with E-state index in [0.717, 1.165) is 0 Å². The third kappa shape index (κ3) is 4.69. The van der Waals surface area contributed by atoms with Crippen LogP contribution >= 0.6 is 0 Å². The summed E-state index contributed by atoms with van der Waals surface area (Å²) in [5.41, 5.74) is -0.567. The predicted molar refractivity (Wildman–Crippen MR) is 60.8 cm³/mol. The lowest BCUT2D eigenvalue weighted by molar-refractivity contribution is -0.141. The number of carboxylic acid groups (broad SMARTS) is 1. The van der Waals surface area contributed by atoms with E-state index in [-0.39, 0.29) is 0 Å². The summed E-state index contributed by atoms with van der Waals surface area (Å²) in [4.78, 5) is 22.3. The molecule has 0 spiro atoms. The van der Waals surface area contributed by atoms with Gasteiger partial charge in [-0.2, -0.15) is 0 Å². The summed E-state index contributed by atoms with van der Waals surface area (Å²) in [6.45, 7) is 6.83. The SMILES string of the molecule is C#CC(C)NC(=O)NC(C(=O)O)C(C)(C)C. The number of hydrogen-bond donors (Lipinski definition) is 3. The summed E-state index contributed by atoms with van der Waals surface area (Å²) in [5, 5.41) is 13.8. The molecular formula is C11H18N2O3. The Morgan fingerprint density at radius 2 is 1.81 bits per heavy atom. The Labute approximate surface area is 95.6 Å². The fourth-order valence-electron chi connectivity index (χ4n) is 1.06. The van der Waals surface area contributed by atoms with Gasteiger partial charge in [0.05, 0.1) is 6.04 Å². The van der Waals surface area contributed by atoms with Gasteiger partial charge in [-0.15, -0.1) is 6.42 Å². The summed E-state index contributed by atoms with van der Waals surface area (Å²) in [6.07, 6.45) is 5.09. The molecule has 0 bridgehead atoms. The molecule has 0 aliphatic carbocycles. The molecule has 2 atom stereocenters. The minimum absolute atomic E-state index is 0.436. The standard InChI is InChI=1S/C11H18N2O3/c1-6-7(2)12-10(16)13-8(9(14)15)11(3,4)5/h1,7-8H,2-5H3,(H,14,15)(H2,12,13,16). The fraction of sp³-hybridized carbons (Fsp3) is 0.636. The van der Waals surface area contributed by atoms with Crippen LogP contribution in [0.2, 0.25) is 0 Å². The lowest BCUT2D eigenvalue weighted by Gasteiger charge is -2.28. The third-order valence-electron chi connectivity index (χ3n) is 1.99. The van der Waals surface area contributed by atoms with Crippen molar-refractivity contribution in [2.24, 2.45) is 5.41 Å². The highest BCUT2D eigenvalue weighted by molar-refractivity contribution is 5.83. The zero-order valence-corrected chi connectivity index (χ0v) is 10.00.